The van der Waals surface area contributed by atoms with Crippen molar-refractivity contribution < 1.29 is 17.9 Å². The van der Waals surface area contributed by atoms with E-state index < -0.39 is 10.0 Å². The largest absolute Gasteiger partial charge is 0.497 e. The molecule has 0 amide bonds. The number of nitrogens with one attached hydrogen (secondary N) is 1. The Morgan fingerprint density at radius 1 is 0.889 bits per heavy atom. The van der Waals surface area contributed by atoms with Crippen LogP contribution in [-0.4, -0.2) is 37.1 Å². The molecule has 1 heterocycles. The van der Waals surface area contributed by atoms with Crippen LogP contribution in [0, 0.1) is 0 Å². The average molecular weight is 387 g/mol. The zero-order chi connectivity index (χ0) is 19.3. The Hall–Kier alpha value is -2.84. The first-order valence-corrected chi connectivity index (χ1v) is 9.71. The molecule has 0 fully saturated rings. The van der Waals surface area contributed by atoms with Crippen LogP contribution in [0.3, 0.4) is 0 Å². The topological polar surface area (TPSA) is 84.5 Å². The molecule has 0 aliphatic rings. The maximum absolute atomic E-state index is 13.1. The molecular weight excluding hydrogens is 366 g/mol. The van der Waals surface area contributed by atoms with Gasteiger partial charge in [0.05, 0.1) is 20.4 Å². The number of hydrogen-bond donors (Lipinski definition) is 1. The molecule has 3 rings (SSSR count). The fourth-order valence-corrected chi connectivity index (χ4v) is 3.95. The van der Waals surface area contributed by atoms with Crippen LogP contribution in [0.4, 0.5) is 0 Å². The molecule has 0 saturated carbocycles. The normalized spacial score (nSPS) is 11.5. The molecule has 0 saturated heterocycles. The minimum absolute atomic E-state index is 0.129. The van der Waals surface area contributed by atoms with Crippen molar-refractivity contribution in [1.29, 1.82) is 0 Å². The first-order chi connectivity index (χ1) is 13.0. The summed E-state index contributed by atoms with van der Waals surface area (Å²) in [4.78, 5) is 0.129. The molecule has 7 nitrogen and oxygen atoms in total. The van der Waals surface area contributed by atoms with E-state index in [4.69, 9.17) is 9.47 Å². The van der Waals surface area contributed by atoms with E-state index in [-0.39, 0.29) is 18.0 Å². The lowest BCUT2D eigenvalue weighted by Gasteiger charge is -2.22. The molecule has 0 radical (unpaired) electrons. The molecule has 1 aromatic heterocycles. The number of aromatic nitrogens is 2. The zero-order valence-corrected chi connectivity index (χ0v) is 15.9. The molecule has 0 aliphatic heterocycles. The lowest BCUT2D eigenvalue weighted by atomic mass is 10.2. The number of benzene rings is 2. The minimum atomic E-state index is -3.71. The van der Waals surface area contributed by atoms with E-state index in [2.05, 4.69) is 10.2 Å². The molecule has 0 unspecified atom stereocenters. The van der Waals surface area contributed by atoms with E-state index in [1.807, 2.05) is 48.5 Å². The van der Waals surface area contributed by atoms with Crippen molar-refractivity contribution in [2.24, 2.45) is 0 Å². The second kappa shape index (κ2) is 8.24. The van der Waals surface area contributed by atoms with Crippen molar-refractivity contribution in [3.63, 3.8) is 0 Å². The quantitative estimate of drug-likeness (QED) is 0.642. The van der Waals surface area contributed by atoms with E-state index in [0.29, 0.717) is 0 Å². The Morgan fingerprint density at radius 3 is 1.74 bits per heavy atom. The number of aromatic amines is 1. The van der Waals surface area contributed by atoms with Crippen LogP contribution in [0.5, 0.6) is 11.5 Å². The molecule has 0 aliphatic carbocycles. The zero-order valence-electron chi connectivity index (χ0n) is 15.1. The predicted molar refractivity (Wildman–Crippen MR) is 101 cm³/mol. The molecule has 27 heavy (non-hydrogen) atoms. The molecule has 0 atom stereocenters. The summed E-state index contributed by atoms with van der Waals surface area (Å²) in [6.07, 6.45) is 2.69. The van der Waals surface area contributed by atoms with E-state index in [0.717, 1.165) is 22.6 Å². The van der Waals surface area contributed by atoms with Gasteiger partial charge in [-0.2, -0.15) is 9.40 Å². The number of rotatable bonds is 8. The SMILES string of the molecule is COc1ccc(CN(Cc2ccc(OC)cc2)S(=O)(=O)c2cn[nH]c2)cc1. The summed E-state index contributed by atoms with van der Waals surface area (Å²) in [6.45, 7) is 0.451. The maximum Gasteiger partial charge on any atom is 0.246 e. The number of hydrogen-bond acceptors (Lipinski definition) is 5. The lowest BCUT2D eigenvalue weighted by Crippen LogP contribution is -2.30. The second-order valence-corrected chi connectivity index (χ2v) is 7.84. The van der Waals surface area contributed by atoms with Crippen LogP contribution in [0.2, 0.25) is 0 Å². The van der Waals surface area contributed by atoms with Crippen molar-refractivity contribution in [2.75, 3.05) is 14.2 Å². The summed E-state index contributed by atoms with van der Waals surface area (Å²) in [5.74, 6) is 1.44. The smallest absolute Gasteiger partial charge is 0.246 e. The third kappa shape index (κ3) is 4.47. The van der Waals surface area contributed by atoms with Gasteiger partial charge in [0.15, 0.2) is 0 Å². The van der Waals surface area contributed by atoms with E-state index >= 15 is 0 Å². The van der Waals surface area contributed by atoms with Gasteiger partial charge in [0.25, 0.3) is 0 Å². The van der Waals surface area contributed by atoms with E-state index in [1.165, 1.54) is 16.7 Å². The summed E-state index contributed by atoms with van der Waals surface area (Å²) in [6, 6.07) is 14.7. The highest BCUT2D eigenvalue weighted by Crippen LogP contribution is 2.22. The van der Waals surface area contributed by atoms with Crippen molar-refractivity contribution in [1.82, 2.24) is 14.5 Å². The summed E-state index contributed by atoms with van der Waals surface area (Å²) >= 11 is 0. The molecule has 142 valence electrons. The monoisotopic (exact) mass is 387 g/mol. The summed E-state index contributed by atoms with van der Waals surface area (Å²) in [5.41, 5.74) is 1.72. The fraction of sp³-hybridized carbons (Fsp3) is 0.211. The number of methoxy groups -OCH3 is 2. The van der Waals surface area contributed by atoms with Crippen molar-refractivity contribution in [3.05, 3.63) is 72.1 Å². The lowest BCUT2D eigenvalue weighted by molar-refractivity contribution is 0.397. The Kier molecular flexibility index (Phi) is 5.78. The van der Waals surface area contributed by atoms with Crippen molar-refractivity contribution in [3.8, 4) is 11.5 Å². The molecule has 8 heteroatoms. The van der Waals surface area contributed by atoms with E-state index in [9.17, 15) is 8.42 Å². The van der Waals surface area contributed by atoms with E-state index in [1.54, 1.807) is 14.2 Å². The summed E-state index contributed by atoms with van der Waals surface area (Å²) < 4.78 is 37.9. The highest BCUT2D eigenvalue weighted by molar-refractivity contribution is 7.89. The molecule has 2 aromatic carbocycles. The first kappa shape index (κ1) is 18.9. The van der Waals surface area contributed by atoms with Gasteiger partial charge < -0.3 is 9.47 Å². The van der Waals surface area contributed by atoms with Crippen LogP contribution in [0.1, 0.15) is 11.1 Å². The highest BCUT2D eigenvalue weighted by atomic mass is 32.2. The van der Waals surface area contributed by atoms with Crippen molar-refractivity contribution in [2.45, 2.75) is 18.0 Å². The van der Waals surface area contributed by atoms with Crippen LogP contribution in [0.25, 0.3) is 0 Å². The van der Waals surface area contributed by atoms with Crippen LogP contribution >= 0.6 is 0 Å². The van der Waals surface area contributed by atoms with Crippen LogP contribution < -0.4 is 9.47 Å². The van der Waals surface area contributed by atoms with Gasteiger partial charge in [0.2, 0.25) is 10.0 Å². The molecule has 1 N–H and O–H groups in total. The number of sulfonamides is 1. The Bertz CT molecular complexity index is 904. The molecule has 0 spiro atoms. The fourth-order valence-electron chi connectivity index (χ4n) is 2.62. The third-order valence-corrected chi connectivity index (χ3v) is 5.90. The molecule has 3 aromatic rings. The first-order valence-electron chi connectivity index (χ1n) is 8.27. The van der Waals surface area contributed by atoms with Gasteiger partial charge in [-0.3, -0.25) is 5.10 Å². The highest BCUT2D eigenvalue weighted by Gasteiger charge is 2.26. The maximum atomic E-state index is 13.1. The van der Waals surface area contributed by atoms with Gasteiger partial charge in [0, 0.05) is 19.3 Å². The van der Waals surface area contributed by atoms with Crippen molar-refractivity contribution >= 4 is 10.0 Å². The van der Waals surface area contributed by atoms with Gasteiger partial charge >= 0.3 is 0 Å². The van der Waals surface area contributed by atoms with Gasteiger partial charge in [0.1, 0.15) is 16.4 Å². The van der Waals surface area contributed by atoms with Gasteiger partial charge in [-0.25, -0.2) is 8.42 Å². The van der Waals surface area contributed by atoms with Crippen LogP contribution in [0.15, 0.2) is 65.8 Å². The standard InChI is InChI=1S/C19H21N3O4S/c1-25-17-7-3-15(4-8-17)13-22(27(23,24)19-11-20-21-12-19)14-16-5-9-18(26-2)10-6-16/h3-12H,13-14H2,1-2H3,(H,20,21). The molecule has 0 bridgehead atoms. The Balaban J connectivity index is 1.89. The van der Waals surface area contributed by atoms with Gasteiger partial charge in [-0.05, 0) is 35.4 Å². The Labute approximate surface area is 158 Å². The summed E-state index contributed by atoms with van der Waals surface area (Å²) in [7, 11) is -0.525. The second-order valence-electron chi connectivity index (χ2n) is 5.90. The average Bonchev–Trinajstić information content (AvgIpc) is 3.24. The summed E-state index contributed by atoms with van der Waals surface area (Å²) in [5, 5.41) is 6.33. The Morgan fingerprint density at radius 2 is 1.37 bits per heavy atom. The number of H-pyrrole nitrogens is 1. The van der Waals surface area contributed by atoms with Crippen LogP contribution in [-0.2, 0) is 23.1 Å². The van der Waals surface area contributed by atoms with Gasteiger partial charge in [-0.15, -0.1) is 0 Å². The van der Waals surface area contributed by atoms with Gasteiger partial charge in [-0.1, -0.05) is 24.3 Å². The molecular formula is C19H21N3O4S. The minimum Gasteiger partial charge on any atom is -0.497 e. The number of ether oxygens (including phenoxy) is 2. The predicted octanol–water partition coefficient (Wildman–Crippen LogP) is 2.82. The third-order valence-electron chi connectivity index (χ3n) is 4.15. The number of nitrogens with zero attached hydrogens (tertiary/aromatic N) is 2.